The average Bonchev–Trinajstić information content (AvgIpc) is 3.41. The van der Waals surface area contributed by atoms with Crippen molar-refractivity contribution in [3.05, 3.63) is 65.8 Å². The van der Waals surface area contributed by atoms with Crippen LogP contribution in [0.3, 0.4) is 0 Å². The first-order valence-electron chi connectivity index (χ1n) is 8.82. The molecule has 0 unspecified atom stereocenters. The molecular formula is C20H16ClN5O4. The quantitative estimate of drug-likeness (QED) is 0.459. The van der Waals surface area contributed by atoms with Gasteiger partial charge in [0.2, 0.25) is 0 Å². The van der Waals surface area contributed by atoms with E-state index in [0.29, 0.717) is 22.1 Å². The minimum absolute atomic E-state index is 0.233. The maximum absolute atomic E-state index is 12.3. The number of hydrogen-bond donors (Lipinski definition) is 2. The van der Waals surface area contributed by atoms with Crippen LogP contribution < -0.4 is 10.1 Å². The number of rotatable bonds is 6. The molecule has 2 aromatic carbocycles. The number of H-pyrrole nitrogens is 1. The molecule has 10 heteroatoms. The fraction of sp³-hybridized carbons (Fsp3) is 0.100. The lowest BCUT2D eigenvalue weighted by atomic mass is 10.2. The second-order valence-corrected chi connectivity index (χ2v) is 6.70. The number of aromatic amines is 1. The molecule has 0 bridgehead atoms. The zero-order valence-corrected chi connectivity index (χ0v) is 16.5. The fourth-order valence-corrected chi connectivity index (χ4v) is 3.05. The van der Waals surface area contributed by atoms with Crippen LogP contribution in [0.1, 0.15) is 10.5 Å². The van der Waals surface area contributed by atoms with Crippen LogP contribution in [0.25, 0.3) is 16.6 Å². The molecule has 0 saturated heterocycles. The van der Waals surface area contributed by atoms with Gasteiger partial charge in [0.15, 0.2) is 6.61 Å². The average molecular weight is 426 g/mol. The Morgan fingerprint density at radius 1 is 1.20 bits per heavy atom. The van der Waals surface area contributed by atoms with Gasteiger partial charge in [0, 0.05) is 22.0 Å². The van der Waals surface area contributed by atoms with E-state index in [1.165, 1.54) is 17.3 Å². The summed E-state index contributed by atoms with van der Waals surface area (Å²) in [4.78, 5) is 31.5. The summed E-state index contributed by atoms with van der Waals surface area (Å²) in [6, 6.07) is 12.0. The van der Waals surface area contributed by atoms with E-state index in [0.717, 1.165) is 10.9 Å². The molecule has 30 heavy (non-hydrogen) atoms. The number of halogens is 1. The number of carbonyl (C=O) groups excluding carboxylic acids is 2. The predicted molar refractivity (Wildman–Crippen MR) is 110 cm³/mol. The normalized spacial score (nSPS) is 10.7. The van der Waals surface area contributed by atoms with Crippen molar-refractivity contribution in [2.75, 3.05) is 19.0 Å². The SMILES string of the molecule is COc1ccc2cc(C(=O)OCC(=O)Nc3cc(Cl)ccc3-n3cncn3)[nH]c2c1. The van der Waals surface area contributed by atoms with E-state index in [9.17, 15) is 9.59 Å². The smallest absolute Gasteiger partial charge is 0.355 e. The molecule has 0 aliphatic heterocycles. The number of aromatic nitrogens is 4. The van der Waals surface area contributed by atoms with Crippen LogP contribution >= 0.6 is 11.6 Å². The van der Waals surface area contributed by atoms with Crippen molar-refractivity contribution in [2.45, 2.75) is 0 Å². The monoisotopic (exact) mass is 425 g/mol. The predicted octanol–water partition coefficient (Wildman–Crippen LogP) is 3.21. The Morgan fingerprint density at radius 3 is 2.83 bits per heavy atom. The molecule has 2 aromatic heterocycles. The molecule has 0 spiro atoms. The number of carbonyl (C=O) groups is 2. The lowest BCUT2D eigenvalue weighted by Gasteiger charge is -2.11. The Morgan fingerprint density at radius 2 is 2.07 bits per heavy atom. The Bertz CT molecular complexity index is 1220. The molecule has 0 saturated carbocycles. The Kier molecular flexibility index (Phi) is 5.36. The van der Waals surface area contributed by atoms with E-state index in [4.69, 9.17) is 21.1 Å². The van der Waals surface area contributed by atoms with Gasteiger partial charge in [-0.1, -0.05) is 11.6 Å². The number of methoxy groups -OCH3 is 1. The number of fused-ring (bicyclic) bond motifs is 1. The summed E-state index contributed by atoms with van der Waals surface area (Å²) in [6.07, 6.45) is 2.86. The van der Waals surface area contributed by atoms with Gasteiger partial charge >= 0.3 is 5.97 Å². The third-order valence-corrected chi connectivity index (χ3v) is 4.52. The number of amides is 1. The van der Waals surface area contributed by atoms with Crippen LogP contribution in [0.2, 0.25) is 5.02 Å². The van der Waals surface area contributed by atoms with E-state index in [-0.39, 0.29) is 5.69 Å². The molecule has 0 fully saturated rings. The second kappa shape index (κ2) is 8.26. The topological polar surface area (TPSA) is 111 Å². The molecule has 1 amide bonds. The minimum atomic E-state index is -0.650. The van der Waals surface area contributed by atoms with E-state index >= 15 is 0 Å². The van der Waals surface area contributed by atoms with Gasteiger partial charge in [0.25, 0.3) is 5.91 Å². The molecular weight excluding hydrogens is 410 g/mol. The molecule has 152 valence electrons. The fourth-order valence-electron chi connectivity index (χ4n) is 2.88. The zero-order chi connectivity index (χ0) is 21.1. The van der Waals surface area contributed by atoms with Crippen LogP contribution in [-0.4, -0.2) is 45.3 Å². The molecule has 4 aromatic rings. The summed E-state index contributed by atoms with van der Waals surface area (Å²) < 4.78 is 11.8. The van der Waals surface area contributed by atoms with Gasteiger partial charge < -0.3 is 19.8 Å². The molecule has 9 nitrogen and oxygen atoms in total. The number of hydrogen-bond acceptors (Lipinski definition) is 6. The summed E-state index contributed by atoms with van der Waals surface area (Å²) in [5.41, 5.74) is 1.94. The van der Waals surface area contributed by atoms with Crippen molar-refractivity contribution >= 4 is 40.1 Å². The lowest BCUT2D eigenvalue weighted by molar-refractivity contribution is -0.119. The van der Waals surface area contributed by atoms with Gasteiger partial charge in [-0.25, -0.2) is 14.5 Å². The largest absolute Gasteiger partial charge is 0.497 e. The highest BCUT2D eigenvalue weighted by atomic mass is 35.5. The summed E-state index contributed by atoms with van der Waals surface area (Å²) in [5, 5.41) is 7.97. The van der Waals surface area contributed by atoms with Crippen molar-refractivity contribution in [3.8, 4) is 11.4 Å². The standard InChI is InChI=1S/C20H16ClN5O4/c1-29-14-4-2-12-6-17(24-15(12)8-14)20(28)30-9-19(27)25-16-7-13(21)3-5-18(16)26-11-22-10-23-26/h2-8,10-11,24H,9H2,1H3,(H,25,27). The minimum Gasteiger partial charge on any atom is -0.497 e. The number of ether oxygens (including phenoxy) is 2. The van der Waals surface area contributed by atoms with Crippen LogP contribution in [-0.2, 0) is 9.53 Å². The van der Waals surface area contributed by atoms with E-state index in [1.54, 1.807) is 43.5 Å². The van der Waals surface area contributed by atoms with E-state index in [1.807, 2.05) is 6.07 Å². The summed E-state index contributed by atoms with van der Waals surface area (Å²) in [5.74, 6) is -0.513. The van der Waals surface area contributed by atoms with Gasteiger partial charge in [-0.15, -0.1) is 0 Å². The molecule has 0 aliphatic rings. The number of esters is 1. The van der Waals surface area contributed by atoms with E-state index < -0.39 is 18.5 Å². The summed E-state index contributed by atoms with van der Waals surface area (Å²) in [7, 11) is 1.56. The van der Waals surface area contributed by atoms with E-state index in [2.05, 4.69) is 20.4 Å². The highest BCUT2D eigenvalue weighted by Gasteiger charge is 2.15. The summed E-state index contributed by atoms with van der Waals surface area (Å²) >= 11 is 6.03. The van der Waals surface area contributed by atoms with Gasteiger partial charge in [0.1, 0.15) is 24.1 Å². The lowest BCUT2D eigenvalue weighted by Crippen LogP contribution is -2.22. The highest BCUT2D eigenvalue weighted by molar-refractivity contribution is 6.31. The van der Waals surface area contributed by atoms with Crippen molar-refractivity contribution in [3.63, 3.8) is 0 Å². The van der Waals surface area contributed by atoms with Crippen molar-refractivity contribution < 1.29 is 19.1 Å². The number of nitrogens with one attached hydrogen (secondary N) is 2. The molecule has 2 heterocycles. The molecule has 0 atom stereocenters. The second-order valence-electron chi connectivity index (χ2n) is 6.26. The zero-order valence-electron chi connectivity index (χ0n) is 15.8. The van der Waals surface area contributed by atoms with Crippen molar-refractivity contribution in [1.82, 2.24) is 19.7 Å². The highest BCUT2D eigenvalue weighted by Crippen LogP contribution is 2.24. The molecule has 4 rings (SSSR count). The van der Waals surface area contributed by atoms with Crippen LogP contribution in [0.15, 0.2) is 55.1 Å². The number of nitrogens with zero attached hydrogens (tertiary/aromatic N) is 3. The van der Waals surface area contributed by atoms with Crippen LogP contribution in [0.4, 0.5) is 5.69 Å². The third-order valence-electron chi connectivity index (χ3n) is 4.28. The van der Waals surface area contributed by atoms with Crippen molar-refractivity contribution in [2.24, 2.45) is 0 Å². The van der Waals surface area contributed by atoms with Gasteiger partial charge in [-0.3, -0.25) is 4.79 Å². The van der Waals surface area contributed by atoms with Gasteiger partial charge in [-0.2, -0.15) is 5.10 Å². The molecule has 0 radical (unpaired) electrons. The first kappa shape index (κ1) is 19.5. The van der Waals surface area contributed by atoms with Crippen LogP contribution in [0, 0.1) is 0 Å². The van der Waals surface area contributed by atoms with Gasteiger partial charge in [0.05, 0.1) is 18.5 Å². The van der Waals surface area contributed by atoms with Gasteiger partial charge in [-0.05, 0) is 36.4 Å². The first-order valence-corrected chi connectivity index (χ1v) is 9.19. The maximum Gasteiger partial charge on any atom is 0.355 e. The Hall–Kier alpha value is -3.85. The summed E-state index contributed by atoms with van der Waals surface area (Å²) in [6.45, 7) is -0.471. The Labute approximate surface area is 175 Å². The first-order chi connectivity index (χ1) is 14.5. The number of benzene rings is 2. The van der Waals surface area contributed by atoms with Crippen molar-refractivity contribution in [1.29, 1.82) is 0 Å². The molecule has 0 aliphatic carbocycles. The van der Waals surface area contributed by atoms with Crippen LogP contribution in [0.5, 0.6) is 5.75 Å². The molecule has 2 N–H and O–H groups in total. The Balaban J connectivity index is 1.43. The number of anilines is 1. The maximum atomic E-state index is 12.3. The third kappa shape index (κ3) is 4.11.